The number of Topliss-reactive ketones (excluding diaryl/α,β-unsaturated/α-hetero) is 1. The van der Waals surface area contributed by atoms with Crippen LogP contribution in [0.25, 0.3) is 16.5 Å². The zero-order valence-electron chi connectivity index (χ0n) is 11.3. The summed E-state index contributed by atoms with van der Waals surface area (Å²) >= 11 is 6.40. The summed E-state index contributed by atoms with van der Waals surface area (Å²) in [4.78, 5) is 12.0. The van der Waals surface area contributed by atoms with E-state index in [1.165, 1.54) is 5.56 Å². The number of nitrogens with zero attached hydrogens (tertiary/aromatic N) is 1. The maximum absolute atomic E-state index is 12.0. The van der Waals surface area contributed by atoms with Gasteiger partial charge < -0.3 is 0 Å². The van der Waals surface area contributed by atoms with Gasteiger partial charge in [-0.15, -0.1) is 0 Å². The predicted molar refractivity (Wildman–Crippen MR) is 79.5 cm³/mol. The first-order valence-corrected chi connectivity index (χ1v) is 7.43. The first-order valence-electron chi connectivity index (χ1n) is 7.05. The van der Waals surface area contributed by atoms with Crippen LogP contribution in [0.4, 0.5) is 0 Å². The van der Waals surface area contributed by atoms with E-state index in [4.69, 9.17) is 11.6 Å². The second-order valence-corrected chi connectivity index (χ2v) is 6.22. The molecule has 2 aromatic rings. The van der Waals surface area contributed by atoms with Crippen LogP contribution in [0.1, 0.15) is 37.3 Å². The molecule has 102 valence electrons. The van der Waals surface area contributed by atoms with Gasteiger partial charge in [-0.3, -0.25) is 9.89 Å². The summed E-state index contributed by atoms with van der Waals surface area (Å²) in [5.74, 6) is 0.0888. The highest BCUT2D eigenvalue weighted by Gasteiger charge is 2.46. The zero-order valence-corrected chi connectivity index (χ0v) is 12.0. The van der Waals surface area contributed by atoms with Crippen molar-refractivity contribution in [2.75, 3.05) is 0 Å². The van der Waals surface area contributed by atoms with Gasteiger partial charge in [-0.25, -0.2) is 0 Å². The molecule has 20 heavy (non-hydrogen) atoms. The van der Waals surface area contributed by atoms with Crippen LogP contribution in [0.2, 0.25) is 0 Å². The number of halogens is 1. The number of fused-ring (bicyclic) bond motifs is 5. The van der Waals surface area contributed by atoms with E-state index in [9.17, 15) is 4.79 Å². The number of hydrogen-bond acceptors (Lipinski definition) is 2. The summed E-state index contributed by atoms with van der Waals surface area (Å²) in [6.45, 7) is 2.19. The lowest BCUT2D eigenvalue weighted by Gasteiger charge is -2.33. The van der Waals surface area contributed by atoms with Crippen LogP contribution >= 0.6 is 11.6 Å². The molecule has 0 radical (unpaired) electrons. The van der Waals surface area contributed by atoms with Gasteiger partial charge in [0.1, 0.15) is 0 Å². The van der Waals surface area contributed by atoms with Crippen molar-refractivity contribution in [3.8, 4) is 0 Å². The van der Waals surface area contributed by atoms with E-state index in [2.05, 4.69) is 23.2 Å². The van der Waals surface area contributed by atoms with Crippen molar-refractivity contribution in [1.29, 1.82) is 0 Å². The Bertz CT molecular complexity index is 774. The summed E-state index contributed by atoms with van der Waals surface area (Å²) < 4.78 is 0. The first kappa shape index (κ1) is 12.2. The van der Waals surface area contributed by atoms with Crippen molar-refractivity contribution in [3.05, 3.63) is 34.5 Å². The fourth-order valence-electron chi connectivity index (χ4n) is 3.86. The van der Waals surface area contributed by atoms with Crippen LogP contribution in [-0.2, 0) is 11.2 Å². The minimum atomic E-state index is 0.0406. The molecular formula is C16H15ClN2O. The lowest BCUT2D eigenvalue weighted by molar-refractivity contribution is -0.115. The monoisotopic (exact) mass is 286 g/mol. The first-order chi connectivity index (χ1) is 9.66. The summed E-state index contributed by atoms with van der Waals surface area (Å²) in [7, 11) is 0. The predicted octanol–water partition coefficient (Wildman–Crippen LogP) is 3.83. The van der Waals surface area contributed by atoms with Crippen LogP contribution in [0.5, 0.6) is 0 Å². The number of aromatic nitrogens is 2. The van der Waals surface area contributed by atoms with E-state index in [-0.39, 0.29) is 11.2 Å². The Morgan fingerprint density at radius 3 is 3.10 bits per heavy atom. The fourth-order valence-corrected chi connectivity index (χ4v) is 4.25. The highest BCUT2D eigenvalue weighted by molar-refractivity contribution is 6.46. The normalized spacial score (nSPS) is 25.2. The number of carbonyl (C=O) groups is 1. The zero-order chi connectivity index (χ0) is 13.9. The highest BCUT2D eigenvalue weighted by atomic mass is 35.5. The van der Waals surface area contributed by atoms with E-state index in [1.807, 2.05) is 12.3 Å². The molecule has 1 aromatic carbocycles. The summed E-state index contributed by atoms with van der Waals surface area (Å²) in [5, 5.41) is 8.77. The fraction of sp³-hybridized carbons (Fsp3) is 0.375. The maximum atomic E-state index is 12.0. The van der Waals surface area contributed by atoms with E-state index in [0.717, 1.165) is 41.3 Å². The van der Waals surface area contributed by atoms with Crippen LogP contribution in [0, 0.1) is 5.41 Å². The Kier molecular flexibility index (Phi) is 2.40. The molecule has 0 saturated carbocycles. The average molecular weight is 287 g/mol. The van der Waals surface area contributed by atoms with E-state index >= 15 is 0 Å². The number of nitrogens with one attached hydrogen (secondary N) is 1. The van der Waals surface area contributed by atoms with Crippen LogP contribution in [-0.4, -0.2) is 16.0 Å². The van der Waals surface area contributed by atoms with Gasteiger partial charge in [-0.1, -0.05) is 24.6 Å². The molecule has 3 nitrogen and oxygen atoms in total. The number of H-pyrrole nitrogens is 1. The van der Waals surface area contributed by atoms with Crippen molar-refractivity contribution < 1.29 is 4.79 Å². The average Bonchev–Trinajstić information content (AvgIpc) is 3.05. The van der Waals surface area contributed by atoms with E-state index in [1.54, 1.807) is 0 Å². The van der Waals surface area contributed by atoms with Gasteiger partial charge in [0, 0.05) is 17.2 Å². The van der Waals surface area contributed by atoms with Gasteiger partial charge in [0.2, 0.25) is 0 Å². The molecular weight excluding hydrogens is 272 g/mol. The second-order valence-electron chi connectivity index (χ2n) is 5.85. The smallest absolute Gasteiger partial charge is 0.174 e. The molecule has 0 aliphatic heterocycles. The van der Waals surface area contributed by atoms with Gasteiger partial charge in [0.15, 0.2) is 5.78 Å². The Labute approximate surface area is 122 Å². The van der Waals surface area contributed by atoms with Crippen molar-refractivity contribution in [1.82, 2.24) is 10.2 Å². The van der Waals surface area contributed by atoms with Crippen molar-refractivity contribution in [2.24, 2.45) is 5.41 Å². The third kappa shape index (κ3) is 1.36. The Balaban J connectivity index is 2.07. The summed E-state index contributed by atoms with van der Waals surface area (Å²) in [5.41, 5.74) is 4.62. The quantitative estimate of drug-likeness (QED) is 0.866. The number of aromatic amines is 1. The molecule has 1 aromatic heterocycles. The van der Waals surface area contributed by atoms with Crippen molar-refractivity contribution in [3.63, 3.8) is 0 Å². The lowest BCUT2D eigenvalue weighted by Crippen LogP contribution is -2.26. The van der Waals surface area contributed by atoms with Gasteiger partial charge >= 0.3 is 0 Å². The molecule has 4 heteroatoms. The van der Waals surface area contributed by atoms with Gasteiger partial charge in [0.25, 0.3) is 0 Å². The molecule has 1 N–H and O–H groups in total. The number of benzene rings is 1. The van der Waals surface area contributed by atoms with Gasteiger partial charge in [-0.05, 0) is 42.0 Å². The number of rotatable bonds is 1. The third-order valence-corrected chi connectivity index (χ3v) is 5.42. The molecule has 1 heterocycles. The molecule has 0 amide bonds. The van der Waals surface area contributed by atoms with Crippen LogP contribution < -0.4 is 0 Å². The second kappa shape index (κ2) is 3.95. The van der Waals surface area contributed by atoms with Gasteiger partial charge in [-0.2, -0.15) is 5.10 Å². The van der Waals surface area contributed by atoms with Crippen LogP contribution in [0.15, 0.2) is 23.4 Å². The molecule has 0 bridgehead atoms. The Hall–Kier alpha value is -1.61. The number of carbonyl (C=O) groups excluding carboxylic acids is 1. The molecule has 0 spiro atoms. The molecule has 1 atom stereocenters. The van der Waals surface area contributed by atoms with Gasteiger partial charge in [0.05, 0.1) is 16.7 Å². The van der Waals surface area contributed by atoms with Crippen molar-refractivity contribution >= 4 is 33.9 Å². The standard InChI is InChI=1S/C16H15ClN2O/c1-2-16-6-5-13(20)15(17)14(16)9-3-4-12-11(8-18-19-12)10(9)7-16/h3-4,8H,2,5-7H2,1H3,(H,18,19)/t16-/m0/s1. The highest BCUT2D eigenvalue weighted by Crippen LogP contribution is 2.57. The maximum Gasteiger partial charge on any atom is 0.174 e. The van der Waals surface area contributed by atoms with E-state index in [0.29, 0.717) is 11.5 Å². The number of ketones is 1. The minimum Gasteiger partial charge on any atom is -0.293 e. The minimum absolute atomic E-state index is 0.0406. The Morgan fingerprint density at radius 1 is 1.45 bits per heavy atom. The van der Waals surface area contributed by atoms with Crippen LogP contribution in [0.3, 0.4) is 0 Å². The summed E-state index contributed by atoms with van der Waals surface area (Å²) in [6, 6.07) is 4.12. The molecule has 2 aliphatic rings. The Morgan fingerprint density at radius 2 is 2.30 bits per heavy atom. The largest absolute Gasteiger partial charge is 0.293 e. The topological polar surface area (TPSA) is 45.8 Å². The molecule has 2 aliphatic carbocycles. The molecule has 0 fully saturated rings. The SMILES string of the molecule is CC[C@@]12CCC(=O)C(Cl)=C1c1ccc3[nH]ncc3c1C2. The third-order valence-electron chi connectivity index (χ3n) is 5.02. The molecule has 0 unspecified atom stereocenters. The molecule has 0 saturated heterocycles. The van der Waals surface area contributed by atoms with Crippen molar-refractivity contribution in [2.45, 2.75) is 32.6 Å². The molecule has 4 rings (SSSR count). The number of hydrogen-bond donors (Lipinski definition) is 1. The summed E-state index contributed by atoms with van der Waals surface area (Å²) in [6.07, 6.45) is 5.33. The number of allylic oxidation sites excluding steroid dienone is 2. The van der Waals surface area contributed by atoms with E-state index < -0.39 is 0 Å². The lowest BCUT2D eigenvalue weighted by atomic mass is 9.71.